The molecule has 0 spiro atoms. The number of rotatable bonds is 7. The lowest BCUT2D eigenvalue weighted by molar-refractivity contribution is -0.384. The largest absolute Gasteiger partial charge is 0.484 e. The first-order valence-corrected chi connectivity index (χ1v) is 9.69. The summed E-state index contributed by atoms with van der Waals surface area (Å²) in [6.07, 6.45) is 0. The zero-order chi connectivity index (χ0) is 20.9. The van der Waals surface area contributed by atoms with Crippen LogP contribution in [0, 0.1) is 10.1 Å². The first kappa shape index (κ1) is 19.3. The van der Waals surface area contributed by atoms with E-state index in [0.717, 1.165) is 16.0 Å². The highest BCUT2D eigenvalue weighted by Gasteiger charge is 2.11. The monoisotopic (exact) mass is 421 g/mol. The van der Waals surface area contributed by atoms with E-state index in [4.69, 9.17) is 9.47 Å². The summed E-state index contributed by atoms with van der Waals surface area (Å²) in [6, 6.07) is 20.5. The van der Waals surface area contributed by atoms with Crippen molar-refractivity contribution in [1.29, 1.82) is 0 Å². The highest BCUT2D eigenvalue weighted by atomic mass is 32.1. The molecule has 0 bridgehead atoms. The standard InChI is InChI=1S/C21H15N3O5S/c25-20(13-28-15-8-6-14(7-9-15)24(26)27)23-21-22-18-11-10-17(12-19(18)30-21)29-16-4-2-1-3-5-16/h1-12H,13H2,(H,22,23,25). The fourth-order valence-corrected chi connectivity index (χ4v) is 3.53. The second-order valence-corrected chi connectivity index (χ2v) is 7.18. The van der Waals surface area contributed by atoms with Crippen molar-refractivity contribution in [3.63, 3.8) is 0 Å². The summed E-state index contributed by atoms with van der Waals surface area (Å²) in [5.41, 5.74) is 0.698. The minimum absolute atomic E-state index is 0.0445. The molecule has 1 aromatic heterocycles. The molecule has 0 atom stereocenters. The molecule has 9 heteroatoms. The number of thiazole rings is 1. The van der Waals surface area contributed by atoms with Gasteiger partial charge >= 0.3 is 0 Å². The number of carbonyl (C=O) groups excluding carboxylic acids is 1. The fraction of sp³-hybridized carbons (Fsp3) is 0.0476. The number of para-hydroxylation sites is 1. The van der Waals surface area contributed by atoms with Crippen molar-refractivity contribution in [2.24, 2.45) is 0 Å². The quantitative estimate of drug-likeness (QED) is 0.332. The Balaban J connectivity index is 1.37. The molecule has 3 aromatic carbocycles. The van der Waals surface area contributed by atoms with Crippen LogP contribution in [0.2, 0.25) is 0 Å². The predicted molar refractivity (Wildman–Crippen MR) is 113 cm³/mol. The molecule has 0 aliphatic carbocycles. The summed E-state index contributed by atoms with van der Waals surface area (Å²) in [7, 11) is 0. The molecule has 1 amide bonds. The van der Waals surface area contributed by atoms with E-state index in [-0.39, 0.29) is 18.2 Å². The maximum atomic E-state index is 12.1. The number of ether oxygens (including phenoxy) is 2. The molecule has 150 valence electrons. The number of benzene rings is 3. The van der Waals surface area contributed by atoms with Crippen molar-refractivity contribution in [3.05, 3.63) is 82.9 Å². The summed E-state index contributed by atoms with van der Waals surface area (Å²) < 4.78 is 12.0. The highest BCUT2D eigenvalue weighted by molar-refractivity contribution is 7.22. The Hall–Kier alpha value is -3.98. The van der Waals surface area contributed by atoms with Crippen molar-refractivity contribution in [2.45, 2.75) is 0 Å². The van der Waals surface area contributed by atoms with E-state index in [0.29, 0.717) is 16.6 Å². The fourth-order valence-electron chi connectivity index (χ4n) is 2.61. The van der Waals surface area contributed by atoms with Gasteiger partial charge in [0.15, 0.2) is 11.7 Å². The van der Waals surface area contributed by atoms with Gasteiger partial charge in [0, 0.05) is 18.2 Å². The Morgan fingerprint density at radius 2 is 1.73 bits per heavy atom. The maximum absolute atomic E-state index is 12.1. The van der Waals surface area contributed by atoms with Gasteiger partial charge < -0.3 is 9.47 Å². The van der Waals surface area contributed by atoms with E-state index >= 15 is 0 Å². The van der Waals surface area contributed by atoms with Crippen LogP contribution in [0.5, 0.6) is 17.2 Å². The molecule has 0 unspecified atom stereocenters. The number of amides is 1. The average Bonchev–Trinajstić information content (AvgIpc) is 3.14. The summed E-state index contributed by atoms with van der Waals surface area (Å²) >= 11 is 1.32. The topological polar surface area (TPSA) is 104 Å². The van der Waals surface area contributed by atoms with Gasteiger partial charge in [0.25, 0.3) is 11.6 Å². The van der Waals surface area contributed by atoms with Crippen molar-refractivity contribution in [1.82, 2.24) is 4.98 Å². The number of hydrogen-bond donors (Lipinski definition) is 1. The Labute approximate surface area is 174 Å². The third kappa shape index (κ3) is 4.70. The molecule has 30 heavy (non-hydrogen) atoms. The van der Waals surface area contributed by atoms with E-state index in [1.54, 1.807) is 0 Å². The average molecular weight is 421 g/mol. The summed E-state index contributed by atoms with van der Waals surface area (Å²) in [6.45, 7) is -0.240. The summed E-state index contributed by atoms with van der Waals surface area (Å²) in [4.78, 5) is 26.7. The van der Waals surface area contributed by atoms with Crippen LogP contribution < -0.4 is 14.8 Å². The van der Waals surface area contributed by atoms with Gasteiger partial charge in [-0.1, -0.05) is 29.5 Å². The number of anilines is 1. The van der Waals surface area contributed by atoms with Gasteiger partial charge in [-0.2, -0.15) is 0 Å². The number of nitrogens with one attached hydrogen (secondary N) is 1. The lowest BCUT2D eigenvalue weighted by atomic mass is 10.3. The molecule has 1 N–H and O–H groups in total. The Morgan fingerprint density at radius 1 is 1.00 bits per heavy atom. The van der Waals surface area contributed by atoms with Crippen LogP contribution in [-0.2, 0) is 4.79 Å². The summed E-state index contributed by atoms with van der Waals surface area (Å²) in [5, 5.41) is 13.8. The maximum Gasteiger partial charge on any atom is 0.269 e. The second-order valence-electron chi connectivity index (χ2n) is 6.15. The van der Waals surface area contributed by atoms with Gasteiger partial charge in [-0.3, -0.25) is 20.2 Å². The van der Waals surface area contributed by atoms with E-state index in [1.807, 2.05) is 48.5 Å². The molecule has 0 radical (unpaired) electrons. The first-order chi connectivity index (χ1) is 14.6. The molecule has 0 fully saturated rings. The number of non-ortho nitro benzene ring substituents is 1. The van der Waals surface area contributed by atoms with Crippen LogP contribution in [0.4, 0.5) is 10.8 Å². The van der Waals surface area contributed by atoms with Gasteiger partial charge in [0.2, 0.25) is 0 Å². The molecule has 4 aromatic rings. The molecule has 0 aliphatic rings. The highest BCUT2D eigenvalue weighted by Crippen LogP contribution is 2.31. The smallest absolute Gasteiger partial charge is 0.269 e. The number of nitro groups is 1. The number of nitro benzene ring substituents is 1. The van der Waals surface area contributed by atoms with Gasteiger partial charge in [-0.15, -0.1) is 0 Å². The number of hydrogen-bond acceptors (Lipinski definition) is 7. The van der Waals surface area contributed by atoms with Crippen LogP contribution in [0.1, 0.15) is 0 Å². The Kier molecular flexibility index (Phi) is 5.53. The van der Waals surface area contributed by atoms with Gasteiger partial charge in [-0.05, 0) is 36.4 Å². The minimum Gasteiger partial charge on any atom is -0.484 e. The lowest BCUT2D eigenvalue weighted by Gasteiger charge is -2.05. The molecule has 1 heterocycles. The zero-order valence-corrected chi connectivity index (χ0v) is 16.3. The Morgan fingerprint density at radius 3 is 2.47 bits per heavy atom. The SMILES string of the molecule is O=C(COc1ccc([N+](=O)[O-])cc1)Nc1nc2ccc(Oc3ccccc3)cc2s1. The van der Waals surface area contributed by atoms with Crippen LogP contribution in [0.25, 0.3) is 10.2 Å². The predicted octanol–water partition coefficient (Wildman–Crippen LogP) is 5.01. The van der Waals surface area contributed by atoms with Gasteiger partial charge in [0.05, 0.1) is 15.1 Å². The third-order valence-electron chi connectivity index (χ3n) is 4.00. The number of carbonyl (C=O) groups is 1. The van der Waals surface area contributed by atoms with E-state index < -0.39 is 4.92 Å². The number of fused-ring (bicyclic) bond motifs is 1. The lowest BCUT2D eigenvalue weighted by Crippen LogP contribution is -2.19. The molecule has 0 saturated heterocycles. The summed E-state index contributed by atoms with van der Waals surface area (Å²) in [5.74, 6) is 1.39. The molecule has 0 saturated carbocycles. The second kappa shape index (κ2) is 8.58. The Bertz CT molecular complexity index is 1190. The van der Waals surface area contributed by atoms with Gasteiger partial charge in [-0.25, -0.2) is 4.98 Å². The van der Waals surface area contributed by atoms with Crippen molar-refractivity contribution >= 4 is 38.3 Å². The molecule has 0 aliphatic heterocycles. The van der Waals surface area contributed by atoms with E-state index in [2.05, 4.69) is 10.3 Å². The zero-order valence-electron chi connectivity index (χ0n) is 15.5. The number of nitrogens with zero attached hydrogens (tertiary/aromatic N) is 2. The molecule has 4 rings (SSSR count). The number of aromatic nitrogens is 1. The third-order valence-corrected chi connectivity index (χ3v) is 4.94. The minimum atomic E-state index is -0.500. The van der Waals surface area contributed by atoms with Crippen LogP contribution >= 0.6 is 11.3 Å². The first-order valence-electron chi connectivity index (χ1n) is 8.87. The van der Waals surface area contributed by atoms with Gasteiger partial charge in [0.1, 0.15) is 17.2 Å². The van der Waals surface area contributed by atoms with Crippen molar-refractivity contribution in [2.75, 3.05) is 11.9 Å². The normalized spacial score (nSPS) is 10.5. The molecule has 8 nitrogen and oxygen atoms in total. The van der Waals surface area contributed by atoms with Crippen molar-refractivity contribution < 1.29 is 19.2 Å². The van der Waals surface area contributed by atoms with E-state index in [1.165, 1.54) is 35.6 Å². The molecular weight excluding hydrogens is 406 g/mol. The molecular formula is C21H15N3O5S. The van der Waals surface area contributed by atoms with Crippen LogP contribution in [0.3, 0.4) is 0 Å². The van der Waals surface area contributed by atoms with Crippen molar-refractivity contribution in [3.8, 4) is 17.2 Å². The van der Waals surface area contributed by atoms with Crippen LogP contribution in [-0.4, -0.2) is 22.4 Å². The van der Waals surface area contributed by atoms with Crippen LogP contribution in [0.15, 0.2) is 72.8 Å². The van der Waals surface area contributed by atoms with E-state index in [9.17, 15) is 14.9 Å².